The van der Waals surface area contributed by atoms with Gasteiger partial charge in [0.25, 0.3) is 0 Å². The summed E-state index contributed by atoms with van der Waals surface area (Å²) in [4.78, 5) is 9.69. The van der Waals surface area contributed by atoms with Gasteiger partial charge in [-0.1, -0.05) is 6.92 Å². The lowest BCUT2D eigenvalue weighted by Gasteiger charge is -2.07. The van der Waals surface area contributed by atoms with Crippen molar-refractivity contribution >= 4 is 16.0 Å². The molecule has 0 heterocycles. The Morgan fingerprint density at radius 3 is 2.47 bits per heavy atom. The first-order chi connectivity index (χ1) is 7.81. The quantitative estimate of drug-likeness (QED) is 0.849. The zero-order valence-corrected chi connectivity index (χ0v) is 9.51. The van der Waals surface area contributed by atoms with Crippen molar-refractivity contribution in [3.63, 3.8) is 0 Å². The van der Waals surface area contributed by atoms with Crippen LogP contribution in [-0.4, -0.2) is 26.0 Å². The van der Waals surface area contributed by atoms with Crippen LogP contribution in [0.25, 0.3) is 0 Å². The summed E-state index contributed by atoms with van der Waals surface area (Å²) in [6.45, 7) is 1.47. The van der Waals surface area contributed by atoms with E-state index in [4.69, 9.17) is 5.11 Å². The maximum atomic E-state index is 13.6. The predicted molar refractivity (Wildman–Crippen MR) is 54.2 cm³/mol. The summed E-state index contributed by atoms with van der Waals surface area (Å²) in [6.07, 6.45) is 0. The fourth-order valence-corrected chi connectivity index (χ4v) is 2.33. The molecule has 0 aromatic heterocycles. The van der Waals surface area contributed by atoms with Crippen LogP contribution in [0.1, 0.15) is 17.3 Å². The molecule has 0 bridgehead atoms. The van der Waals surface area contributed by atoms with E-state index in [0.717, 1.165) is 0 Å². The number of carbonyl (C=O) groups is 1. The molecule has 5 nitrogen and oxygen atoms in total. The van der Waals surface area contributed by atoms with E-state index in [-0.39, 0.29) is 6.54 Å². The van der Waals surface area contributed by atoms with Crippen LogP contribution in [0.2, 0.25) is 0 Å². The molecule has 0 aliphatic carbocycles. The highest BCUT2D eigenvalue weighted by Crippen LogP contribution is 2.20. The standard InChI is InChI=1S/C9H9F2NO4S/c1-2-12-17(15,16)6-4-3-5(10)7(8(6)11)9(13)14/h3-4,12H,2H2,1H3,(H,13,14). The van der Waals surface area contributed by atoms with Gasteiger partial charge in [0.2, 0.25) is 10.0 Å². The average molecular weight is 265 g/mol. The summed E-state index contributed by atoms with van der Waals surface area (Å²) < 4.78 is 51.5. The number of halogens is 2. The molecular weight excluding hydrogens is 256 g/mol. The molecule has 0 unspecified atom stereocenters. The zero-order chi connectivity index (χ0) is 13.2. The van der Waals surface area contributed by atoms with Crippen LogP contribution in [0.15, 0.2) is 17.0 Å². The molecule has 1 aromatic carbocycles. The first-order valence-electron chi connectivity index (χ1n) is 4.52. The van der Waals surface area contributed by atoms with E-state index in [2.05, 4.69) is 0 Å². The molecule has 0 aliphatic heterocycles. The van der Waals surface area contributed by atoms with Gasteiger partial charge < -0.3 is 5.11 Å². The Balaban J connectivity index is 3.49. The topological polar surface area (TPSA) is 83.5 Å². The SMILES string of the molecule is CCNS(=O)(=O)c1ccc(F)c(C(=O)O)c1F. The molecule has 8 heteroatoms. The van der Waals surface area contributed by atoms with Gasteiger partial charge in [-0.2, -0.15) is 0 Å². The van der Waals surface area contributed by atoms with Crippen molar-refractivity contribution in [3.8, 4) is 0 Å². The van der Waals surface area contributed by atoms with Crippen molar-refractivity contribution in [1.29, 1.82) is 0 Å². The van der Waals surface area contributed by atoms with E-state index in [9.17, 15) is 22.0 Å². The monoisotopic (exact) mass is 265 g/mol. The number of aromatic carboxylic acids is 1. The van der Waals surface area contributed by atoms with E-state index < -0.39 is 38.1 Å². The Kier molecular flexibility index (Phi) is 3.79. The number of sulfonamides is 1. The lowest BCUT2D eigenvalue weighted by atomic mass is 10.2. The molecule has 0 aliphatic rings. The van der Waals surface area contributed by atoms with Gasteiger partial charge in [-0.3, -0.25) is 0 Å². The largest absolute Gasteiger partial charge is 0.477 e. The number of nitrogens with one attached hydrogen (secondary N) is 1. The number of hydrogen-bond donors (Lipinski definition) is 2. The lowest BCUT2D eigenvalue weighted by molar-refractivity contribution is 0.0685. The first-order valence-corrected chi connectivity index (χ1v) is 6.00. The summed E-state index contributed by atoms with van der Waals surface area (Å²) in [5.74, 6) is -4.81. The van der Waals surface area contributed by atoms with Crippen LogP contribution in [-0.2, 0) is 10.0 Å². The van der Waals surface area contributed by atoms with Crippen LogP contribution in [0, 0.1) is 11.6 Å². The van der Waals surface area contributed by atoms with Gasteiger partial charge >= 0.3 is 5.97 Å². The van der Waals surface area contributed by atoms with Crippen LogP contribution < -0.4 is 4.72 Å². The fourth-order valence-electron chi connectivity index (χ4n) is 1.20. The molecule has 2 N–H and O–H groups in total. The van der Waals surface area contributed by atoms with E-state index in [1.54, 1.807) is 0 Å². The lowest BCUT2D eigenvalue weighted by Crippen LogP contribution is -2.25. The number of benzene rings is 1. The minimum absolute atomic E-state index is 0.00154. The minimum Gasteiger partial charge on any atom is -0.477 e. The second kappa shape index (κ2) is 4.76. The summed E-state index contributed by atoms with van der Waals surface area (Å²) in [7, 11) is -4.17. The van der Waals surface area contributed by atoms with E-state index in [1.807, 2.05) is 4.72 Å². The third kappa shape index (κ3) is 2.59. The number of hydrogen-bond acceptors (Lipinski definition) is 3. The smallest absolute Gasteiger partial charge is 0.341 e. The fraction of sp³-hybridized carbons (Fsp3) is 0.222. The Bertz CT molecular complexity index is 556. The van der Waals surface area contributed by atoms with Crippen LogP contribution in [0.4, 0.5) is 8.78 Å². The molecule has 0 saturated carbocycles. The molecule has 1 rings (SSSR count). The van der Waals surface area contributed by atoms with Crippen molar-refractivity contribution in [2.45, 2.75) is 11.8 Å². The average Bonchev–Trinajstić information content (AvgIpc) is 2.15. The molecule has 94 valence electrons. The van der Waals surface area contributed by atoms with E-state index in [1.165, 1.54) is 6.92 Å². The predicted octanol–water partition coefficient (Wildman–Crippen LogP) is 0.961. The van der Waals surface area contributed by atoms with Gasteiger partial charge in [0.15, 0.2) is 5.82 Å². The molecular formula is C9H9F2NO4S. The summed E-state index contributed by atoms with van der Waals surface area (Å²) in [6, 6.07) is 1.27. The third-order valence-corrected chi connectivity index (χ3v) is 3.46. The molecule has 0 atom stereocenters. The van der Waals surface area contributed by atoms with Gasteiger partial charge in [-0.25, -0.2) is 26.7 Å². The van der Waals surface area contributed by atoms with Crippen molar-refractivity contribution in [3.05, 3.63) is 29.3 Å². The second-order valence-electron chi connectivity index (χ2n) is 3.04. The zero-order valence-electron chi connectivity index (χ0n) is 8.70. The molecule has 0 spiro atoms. The van der Waals surface area contributed by atoms with Crippen molar-refractivity contribution in [1.82, 2.24) is 4.72 Å². The summed E-state index contributed by atoms with van der Waals surface area (Å²) >= 11 is 0. The maximum Gasteiger partial charge on any atom is 0.341 e. The maximum absolute atomic E-state index is 13.6. The third-order valence-electron chi connectivity index (χ3n) is 1.89. The Morgan fingerprint density at radius 2 is 2.00 bits per heavy atom. The molecule has 0 saturated heterocycles. The van der Waals surface area contributed by atoms with Gasteiger partial charge in [-0.15, -0.1) is 0 Å². The van der Waals surface area contributed by atoms with Crippen molar-refractivity contribution in [2.24, 2.45) is 0 Å². The van der Waals surface area contributed by atoms with E-state index >= 15 is 0 Å². The molecule has 1 aromatic rings. The van der Waals surface area contributed by atoms with Gasteiger partial charge in [0.1, 0.15) is 16.3 Å². The highest BCUT2D eigenvalue weighted by atomic mass is 32.2. The summed E-state index contributed by atoms with van der Waals surface area (Å²) in [5, 5.41) is 8.57. The molecule has 0 radical (unpaired) electrons. The van der Waals surface area contributed by atoms with Crippen LogP contribution in [0.3, 0.4) is 0 Å². The summed E-state index contributed by atoms with van der Waals surface area (Å²) in [5.41, 5.74) is -1.29. The Hall–Kier alpha value is -1.54. The molecule has 0 fully saturated rings. The highest BCUT2D eigenvalue weighted by Gasteiger charge is 2.26. The van der Waals surface area contributed by atoms with Crippen LogP contribution in [0.5, 0.6) is 0 Å². The Labute approximate surface area is 96.1 Å². The normalized spacial score (nSPS) is 11.5. The highest BCUT2D eigenvalue weighted by molar-refractivity contribution is 7.89. The van der Waals surface area contributed by atoms with Crippen molar-refractivity contribution < 1.29 is 27.1 Å². The number of rotatable bonds is 4. The first kappa shape index (κ1) is 13.5. The van der Waals surface area contributed by atoms with E-state index in [0.29, 0.717) is 12.1 Å². The van der Waals surface area contributed by atoms with Gasteiger partial charge in [0, 0.05) is 6.54 Å². The minimum atomic E-state index is -4.17. The van der Waals surface area contributed by atoms with Gasteiger partial charge in [0.05, 0.1) is 0 Å². The molecule has 17 heavy (non-hydrogen) atoms. The number of carboxylic acids is 1. The second-order valence-corrected chi connectivity index (χ2v) is 4.78. The Morgan fingerprint density at radius 1 is 1.41 bits per heavy atom. The van der Waals surface area contributed by atoms with Gasteiger partial charge in [-0.05, 0) is 12.1 Å². The van der Waals surface area contributed by atoms with Crippen LogP contribution >= 0.6 is 0 Å². The number of carboxylic acid groups (broad SMARTS) is 1. The molecule has 0 amide bonds. The van der Waals surface area contributed by atoms with Crippen molar-refractivity contribution in [2.75, 3.05) is 6.54 Å².